The number of quaternary nitrogens is 1. The van der Waals surface area contributed by atoms with Gasteiger partial charge < -0.3 is 10.2 Å². The monoisotopic (exact) mass is 436 g/mol. The molecule has 6 nitrogen and oxygen atoms in total. The van der Waals surface area contributed by atoms with Crippen LogP contribution >= 0.6 is 0 Å². The lowest BCUT2D eigenvalue weighted by Gasteiger charge is -2.31. The SMILES string of the molecule is CCC[C@@H](C)NC(=O)C[NH+]1CCN(S(=O)(=O)c2ccc(C3CCCCC3)cc2)CC1. The van der Waals surface area contributed by atoms with Gasteiger partial charge in [-0.2, -0.15) is 4.31 Å². The maximum atomic E-state index is 13.1. The van der Waals surface area contributed by atoms with E-state index in [0.29, 0.717) is 43.5 Å². The van der Waals surface area contributed by atoms with E-state index in [1.54, 1.807) is 16.4 Å². The Kier molecular flexibility index (Phi) is 8.31. The molecule has 0 unspecified atom stereocenters. The Bertz CT molecular complexity index is 780. The largest absolute Gasteiger partial charge is 0.349 e. The topological polar surface area (TPSA) is 70.9 Å². The van der Waals surface area contributed by atoms with Crippen LogP contribution in [0.5, 0.6) is 0 Å². The molecule has 30 heavy (non-hydrogen) atoms. The summed E-state index contributed by atoms with van der Waals surface area (Å²) in [5, 5.41) is 3.04. The average Bonchev–Trinajstić information content (AvgIpc) is 2.75. The van der Waals surface area contributed by atoms with Gasteiger partial charge in [0.05, 0.1) is 31.1 Å². The summed E-state index contributed by atoms with van der Waals surface area (Å²) in [6, 6.07) is 7.76. The van der Waals surface area contributed by atoms with Gasteiger partial charge in [0.15, 0.2) is 6.54 Å². The van der Waals surface area contributed by atoms with Crippen LogP contribution in [0, 0.1) is 0 Å². The number of amides is 1. The van der Waals surface area contributed by atoms with E-state index >= 15 is 0 Å². The van der Waals surface area contributed by atoms with Crippen LogP contribution in [0.4, 0.5) is 0 Å². The maximum absolute atomic E-state index is 13.1. The van der Waals surface area contributed by atoms with Gasteiger partial charge in [0.1, 0.15) is 0 Å². The second-order valence-corrected chi connectivity index (χ2v) is 10.9. The van der Waals surface area contributed by atoms with Crippen LogP contribution in [-0.2, 0) is 14.8 Å². The van der Waals surface area contributed by atoms with Crippen LogP contribution in [0.2, 0.25) is 0 Å². The smallest absolute Gasteiger partial charge is 0.275 e. The van der Waals surface area contributed by atoms with Crippen molar-refractivity contribution in [1.29, 1.82) is 0 Å². The second kappa shape index (κ2) is 10.7. The molecule has 2 fully saturated rings. The molecule has 1 saturated heterocycles. The predicted octanol–water partition coefficient (Wildman–Crippen LogP) is 1.93. The minimum atomic E-state index is -3.47. The summed E-state index contributed by atoms with van der Waals surface area (Å²) in [5.41, 5.74) is 1.27. The molecular formula is C23H38N3O3S+. The van der Waals surface area contributed by atoms with Gasteiger partial charge in [-0.3, -0.25) is 4.79 Å². The molecule has 0 radical (unpaired) electrons. The first-order valence-corrected chi connectivity index (χ1v) is 13.1. The first kappa shape index (κ1) is 23.2. The lowest BCUT2D eigenvalue weighted by Crippen LogP contribution is -3.15. The van der Waals surface area contributed by atoms with Gasteiger partial charge in [-0.15, -0.1) is 0 Å². The minimum Gasteiger partial charge on any atom is -0.349 e. The first-order chi connectivity index (χ1) is 14.4. The van der Waals surface area contributed by atoms with Crippen molar-refractivity contribution in [1.82, 2.24) is 9.62 Å². The molecule has 0 spiro atoms. The fourth-order valence-corrected chi connectivity index (χ4v) is 6.22. The summed E-state index contributed by atoms with van der Waals surface area (Å²) in [6.07, 6.45) is 8.30. The normalized spacial score (nSPS) is 20.7. The number of sulfonamides is 1. The molecule has 3 rings (SSSR count). The van der Waals surface area contributed by atoms with Crippen LogP contribution in [-0.4, -0.2) is 57.4 Å². The van der Waals surface area contributed by atoms with Crippen molar-refractivity contribution in [2.45, 2.75) is 75.6 Å². The van der Waals surface area contributed by atoms with Gasteiger partial charge in [0.2, 0.25) is 10.0 Å². The van der Waals surface area contributed by atoms with Gasteiger partial charge >= 0.3 is 0 Å². The number of hydrogen-bond donors (Lipinski definition) is 2. The molecule has 1 aromatic rings. The Labute approximate surface area is 182 Å². The Balaban J connectivity index is 1.52. The lowest BCUT2D eigenvalue weighted by molar-refractivity contribution is -0.895. The average molecular weight is 437 g/mol. The molecule has 1 saturated carbocycles. The lowest BCUT2D eigenvalue weighted by atomic mass is 9.84. The van der Waals surface area contributed by atoms with E-state index in [2.05, 4.69) is 12.2 Å². The number of carbonyl (C=O) groups is 1. The van der Waals surface area contributed by atoms with Crippen molar-refractivity contribution >= 4 is 15.9 Å². The van der Waals surface area contributed by atoms with Crippen molar-refractivity contribution in [2.24, 2.45) is 0 Å². The van der Waals surface area contributed by atoms with Crippen molar-refractivity contribution in [3.8, 4) is 0 Å². The highest BCUT2D eigenvalue weighted by Crippen LogP contribution is 2.33. The summed E-state index contributed by atoms with van der Waals surface area (Å²) in [5.74, 6) is 0.634. The number of rotatable bonds is 8. The quantitative estimate of drug-likeness (QED) is 0.654. The zero-order valence-electron chi connectivity index (χ0n) is 18.5. The van der Waals surface area contributed by atoms with Gasteiger partial charge in [-0.05, 0) is 49.8 Å². The van der Waals surface area contributed by atoms with E-state index in [1.165, 1.54) is 37.7 Å². The first-order valence-electron chi connectivity index (χ1n) is 11.6. The molecular weight excluding hydrogens is 398 g/mol. The summed E-state index contributed by atoms with van der Waals surface area (Å²) in [6.45, 7) is 6.79. The van der Waals surface area contributed by atoms with Gasteiger partial charge in [-0.25, -0.2) is 8.42 Å². The van der Waals surface area contributed by atoms with Crippen molar-refractivity contribution in [3.05, 3.63) is 29.8 Å². The fourth-order valence-electron chi connectivity index (χ4n) is 4.77. The van der Waals surface area contributed by atoms with E-state index in [0.717, 1.165) is 17.7 Å². The van der Waals surface area contributed by atoms with E-state index < -0.39 is 10.0 Å². The Morgan fingerprint density at radius 1 is 1.13 bits per heavy atom. The molecule has 1 aromatic carbocycles. The summed E-state index contributed by atoms with van der Waals surface area (Å²) in [4.78, 5) is 13.7. The highest BCUT2D eigenvalue weighted by molar-refractivity contribution is 7.89. The standard InChI is InChI=1S/C23H37N3O3S/c1-3-7-19(2)24-23(27)18-25-14-16-26(17-15-25)30(28,29)22-12-10-21(11-13-22)20-8-5-4-6-9-20/h10-13,19-20H,3-9,14-18H2,1-2H3,(H,24,27)/p+1/t19-/m1/s1. The van der Waals surface area contributed by atoms with E-state index in [-0.39, 0.29) is 11.9 Å². The molecule has 1 heterocycles. The van der Waals surface area contributed by atoms with Gasteiger partial charge in [-0.1, -0.05) is 44.7 Å². The number of nitrogens with one attached hydrogen (secondary N) is 2. The molecule has 0 aromatic heterocycles. The molecule has 1 aliphatic heterocycles. The number of benzene rings is 1. The summed E-state index contributed by atoms with van der Waals surface area (Å²) >= 11 is 0. The molecule has 0 bridgehead atoms. The number of piperazine rings is 1. The second-order valence-electron chi connectivity index (χ2n) is 8.99. The number of carbonyl (C=O) groups excluding carboxylic acids is 1. The number of hydrogen-bond acceptors (Lipinski definition) is 3. The molecule has 2 N–H and O–H groups in total. The third kappa shape index (κ3) is 6.05. The van der Waals surface area contributed by atoms with Crippen molar-refractivity contribution < 1.29 is 18.1 Å². The molecule has 1 aliphatic carbocycles. The van der Waals surface area contributed by atoms with E-state index in [9.17, 15) is 13.2 Å². The molecule has 2 aliphatic rings. The van der Waals surface area contributed by atoms with Gasteiger partial charge in [0, 0.05) is 6.04 Å². The van der Waals surface area contributed by atoms with Crippen LogP contribution in [0.1, 0.15) is 70.3 Å². The van der Waals surface area contributed by atoms with Crippen molar-refractivity contribution in [3.63, 3.8) is 0 Å². The Morgan fingerprint density at radius 2 is 1.77 bits per heavy atom. The summed E-state index contributed by atoms with van der Waals surface area (Å²) in [7, 11) is -3.47. The van der Waals surface area contributed by atoms with Crippen LogP contribution in [0.15, 0.2) is 29.2 Å². The van der Waals surface area contributed by atoms with E-state index in [1.807, 2.05) is 19.1 Å². The Morgan fingerprint density at radius 3 is 2.37 bits per heavy atom. The minimum absolute atomic E-state index is 0.0561. The molecule has 1 amide bonds. The Hall–Kier alpha value is -1.44. The van der Waals surface area contributed by atoms with E-state index in [4.69, 9.17) is 0 Å². The summed E-state index contributed by atoms with van der Waals surface area (Å²) < 4.78 is 27.7. The van der Waals surface area contributed by atoms with Crippen molar-refractivity contribution in [2.75, 3.05) is 32.7 Å². The zero-order chi connectivity index (χ0) is 21.6. The third-order valence-electron chi connectivity index (χ3n) is 6.56. The van der Waals surface area contributed by atoms with Crippen LogP contribution in [0.3, 0.4) is 0 Å². The maximum Gasteiger partial charge on any atom is 0.275 e. The molecule has 7 heteroatoms. The highest BCUT2D eigenvalue weighted by atomic mass is 32.2. The van der Waals surface area contributed by atoms with Crippen LogP contribution < -0.4 is 10.2 Å². The molecule has 1 atom stereocenters. The zero-order valence-corrected chi connectivity index (χ0v) is 19.3. The third-order valence-corrected chi connectivity index (χ3v) is 8.48. The predicted molar refractivity (Wildman–Crippen MR) is 119 cm³/mol. The fraction of sp³-hybridized carbons (Fsp3) is 0.696. The highest BCUT2D eigenvalue weighted by Gasteiger charge is 2.31. The molecule has 168 valence electrons. The number of nitrogens with zero attached hydrogens (tertiary/aromatic N) is 1. The van der Waals surface area contributed by atoms with Gasteiger partial charge in [0.25, 0.3) is 5.91 Å². The van der Waals surface area contributed by atoms with Crippen LogP contribution in [0.25, 0.3) is 0 Å².